The first-order valence-corrected chi connectivity index (χ1v) is 7.35. The van der Waals surface area contributed by atoms with Gasteiger partial charge in [-0.25, -0.2) is 9.78 Å². The van der Waals surface area contributed by atoms with Crippen LogP contribution in [0.4, 0.5) is 15.0 Å². The standard InChI is InChI=1S/C15H22FN3O2/c1-12(2)11-21-15(20)19-8-4-7-18(9-10-19)14-6-3-5-13(16)17-14/h3,5-6,12H,4,7-11H2,1-2H3. The smallest absolute Gasteiger partial charge is 0.409 e. The number of nitrogens with zero attached hydrogens (tertiary/aromatic N) is 3. The Labute approximate surface area is 124 Å². The van der Waals surface area contributed by atoms with E-state index in [9.17, 15) is 9.18 Å². The van der Waals surface area contributed by atoms with E-state index in [4.69, 9.17) is 4.74 Å². The molecule has 6 heteroatoms. The minimum absolute atomic E-state index is 0.266. The van der Waals surface area contributed by atoms with Crippen LogP contribution < -0.4 is 4.90 Å². The van der Waals surface area contributed by atoms with E-state index >= 15 is 0 Å². The topological polar surface area (TPSA) is 45.7 Å². The van der Waals surface area contributed by atoms with Gasteiger partial charge in [0.05, 0.1) is 6.61 Å². The second-order valence-corrected chi connectivity index (χ2v) is 5.62. The van der Waals surface area contributed by atoms with Crippen LogP contribution in [0.3, 0.4) is 0 Å². The molecule has 0 atom stereocenters. The van der Waals surface area contributed by atoms with E-state index in [0.29, 0.717) is 38.0 Å². The van der Waals surface area contributed by atoms with Crippen LogP contribution in [0, 0.1) is 11.9 Å². The van der Waals surface area contributed by atoms with Crippen molar-refractivity contribution in [2.24, 2.45) is 5.92 Å². The Hall–Kier alpha value is -1.85. The van der Waals surface area contributed by atoms with Crippen molar-refractivity contribution in [2.75, 3.05) is 37.7 Å². The zero-order chi connectivity index (χ0) is 15.2. The summed E-state index contributed by atoms with van der Waals surface area (Å²) in [5.41, 5.74) is 0. The molecule has 1 aliphatic rings. The van der Waals surface area contributed by atoms with Crippen LogP contribution in [0.5, 0.6) is 0 Å². The lowest BCUT2D eigenvalue weighted by molar-refractivity contribution is 0.0943. The molecule has 21 heavy (non-hydrogen) atoms. The summed E-state index contributed by atoms with van der Waals surface area (Å²) in [4.78, 5) is 19.6. The molecule has 2 rings (SSSR count). The first-order chi connectivity index (χ1) is 10.1. The maximum absolute atomic E-state index is 13.2. The molecule has 1 aliphatic heterocycles. The van der Waals surface area contributed by atoms with Crippen LogP contribution in [0.25, 0.3) is 0 Å². The fourth-order valence-electron chi connectivity index (χ4n) is 2.23. The molecule has 0 N–H and O–H groups in total. The van der Waals surface area contributed by atoms with E-state index in [0.717, 1.165) is 13.0 Å². The summed E-state index contributed by atoms with van der Waals surface area (Å²) in [6, 6.07) is 4.77. The molecule has 0 saturated carbocycles. The molecule has 1 saturated heterocycles. The van der Waals surface area contributed by atoms with Gasteiger partial charge in [0.1, 0.15) is 5.82 Å². The van der Waals surface area contributed by atoms with Crippen molar-refractivity contribution in [2.45, 2.75) is 20.3 Å². The molecule has 0 unspecified atom stereocenters. The van der Waals surface area contributed by atoms with Crippen molar-refractivity contribution in [1.82, 2.24) is 9.88 Å². The molecule has 116 valence electrons. The number of amides is 1. The van der Waals surface area contributed by atoms with E-state index in [2.05, 4.69) is 4.98 Å². The molecule has 0 aliphatic carbocycles. The van der Waals surface area contributed by atoms with Crippen LogP contribution in [0.1, 0.15) is 20.3 Å². The van der Waals surface area contributed by atoms with Crippen LogP contribution in [0.15, 0.2) is 18.2 Å². The van der Waals surface area contributed by atoms with E-state index in [1.807, 2.05) is 18.7 Å². The van der Waals surface area contributed by atoms with Crippen molar-refractivity contribution >= 4 is 11.9 Å². The highest BCUT2D eigenvalue weighted by Gasteiger charge is 2.21. The molecular weight excluding hydrogens is 273 g/mol. The summed E-state index contributed by atoms with van der Waals surface area (Å²) in [5.74, 6) is 0.464. The van der Waals surface area contributed by atoms with Crippen molar-refractivity contribution < 1.29 is 13.9 Å². The summed E-state index contributed by atoms with van der Waals surface area (Å²) in [6.45, 7) is 7.06. The number of hydrogen-bond acceptors (Lipinski definition) is 4. The maximum atomic E-state index is 13.2. The molecular formula is C15H22FN3O2. The van der Waals surface area contributed by atoms with Crippen LogP contribution in [0.2, 0.25) is 0 Å². The Balaban J connectivity index is 1.91. The number of rotatable bonds is 3. The van der Waals surface area contributed by atoms with Crippen molar-refractivity contribution in [3.8, 4) is 0 Å². The number of hydrogen-bond donors (Lipinski definition) is 0. The van der Waals surface area contributed by atoms with Gasteiger partial charge in [-0.2, -0.15) is 4.39 Å². The van der Waals surface area contributed by atoms with Crippen LogP contribution in [-0.4, -0.2) is 48.8 Å². The fourth-order valence-corrected chi connectivity index (χ4v) is 2.23. The molecule has 0 aromatic carbocycles. The van der Waals surface area contributed by atoms with Crippen LogP contribution >= 0.6 is 0 Å². The van der Waals surface area contributed by atoms with Crippen molar-refractivity contribution in [1.29, 1.82) is 0 Å². The monoisotopic (exact) mass is 295 g/mol. The van der Waals surface area contributed by atoms with Crippen molar-refractivity contribution in [3.63, 3.8) is 0 Å². The number of carbonyl (C=O) groups excluding carboxylic acids is 1. The number of aromatic nitrogens is 1. The third-order valence-corrected chi connectivity index (χ3v) is 3.32. The Bertz CT molecular complexity index is 482. The second-order valence-electron chi connectivity index (χ2n) is 5.62. The highest BCUT2D eigenvalue weighted by atomic mass is 19.1. The van der Waals surface area contributed by atoms with Gasteiger partial charge in [-0.15, -0.1) is 0 Å². The van der Waals surface area contributed by atoms with Gasteiger partial charge in [-0.3, -0.25) is 0 Å². The summed E-state index contributed by atoms with van der Waals surface area (Å²) in [6.07, 6.45) is 0.548. The van der Waals surface area contributed by atoms with Crippen molar-refractivity contribution in [3.05, 3.63) is 24.1 Å². The van der Waals surface area contributed by atoms with Gasteiger partial charge in [0, 0.05) is 26.2 Å². The average Bonchev–Trinajstić information content (AvgIpc) is 2.70. The third-order valence-electron chi connectivity index (χ3n) is 3.32. The number of pyridine rings is 1. The van der Waals surface area contributed by atoms with E-state index < -0.39 is 5.95 Å². The Kier molecular flexibility index (Phi) is 5.36. The Morgan fingerprint density at radius 2 is 2.14 bits per heavy atom. The van der Waals surface area contributed by atoms with E-state index in [1.54, 1.807) is 17.0 Å². The Morgan fingerprint density at radius 1 is 1.33 bits per heavy atom. The first-order valence-electron chi connectivity index (χ1n) is 7.35. The predicted octanol–water partition coefficient (Wildman–Crippen LogP) is 2.53. The molecule has 1 aromatic rings. The number of carbonyl (C=O) groups is 1. The van der Waals surface area contributed by atoms with Gasteiger partial charge in [0.2, 0.25) is 5.95 Å². The lowest BCUT2D eigenvalue weighted by Crippen LogP contribution is -2.36. The molecule has 5 nitrogen and oxygen atoms in total. The lowest BCUT2D eigenvalue weighted by Gasteiger charge is -2.22. The first kappa shape index (κ1) is 15.5. The van der Waals surface area contributed by atoms with Gasteiger partial charge in [0.25, 0.3) is 0 Å². The summed E-state index contributed by atoms with van der Waals surface area (Å²) in [7, 11) is 0. The lowest BCUT2D eigenvalue weighted by atomic mass is 10.2. The highest BCUT2D eigenvalue weighted by Crippen LogP contribution is 2.14. The SMILES string of the molecule is CC(C)COC(=O)N1CCCN(c2cccc(F)n2)CC1. The van der Waals surface area contributed by atoms with Gasteiger partial charge >= 0.3 is 6.09 Å². The van der Waals surface area contributed by atoms with Gasteiger partial charge in [0.15, 0.2) is 0 Å². The largest absolute Gasteiger partial charge is 0.449 e. The normalized spacial score (nSPS) is 16.0. The van der Waals surface area contributed by atoms with E-state index in [1.165, 1.54) is 6.07 Å². The summed E-state index contributed by atoms with van der Waals surface area (Å²) >= 11 is 0. The van der Waals surface area contributed by atoms with Gasteiger partial charge < -0.3 is 14.5 Å². The van der Waals surface area contributed by atoms with E-state index in [-0.39, 0.29) is 6.09 Å². The zero-order valence-corrected chi connectivity index (χ0v) is 12.6. The molecule has 1 fully saturated rings. The maximum Gasteiger partial charge on any atom is 0.409 e. The minimum atomic E-state index is -0.482. The van der Waals surface area contributed by atoms with Gasteiger partial charge in [-0.1, -0.05) is 19.9 Å². The van der Waals surface area contributed by atoms with Crippen LogP contribution in [-0.2, 0) is 4.74 Å². The number of ether oxygens (including phenoxy) is 1. The number of halogens is 1. The minimum Gasteiger partial charge on any atom is -0.449 e. The molecule has 0 bridgehead atoms. The molecule has 2 heterocycles. The second kappa shape index (κ2) is 7.24. The quantitative estimate of drug-likeness (QED) is 0.804. The summed E-state index contributed by atoms with van der Waals surface area (Å²) in [5, 5.41) is 0. The molecule has 1 aromatic heterocycles. The van der Waals surface area contributed by atoms with Gasteiger partial charge in [-0.05, 0) is 24.5 Å². The average molecular weight is 295 g/mol. The zero-order valence-electron chi connectivity index (χ0n) is 12.6. The highest BCUT2D eigenvalue weighted by molar-refractivity contribution is 5.67. The molecule has 0 spiro atoms. The third kappa shape index (κ3) is 4.58. The number of anilines is 1. The predicted molar refractivity (Wildman–Crippen MR) is 78.8 cm³/mol. The fraction of sp³-hybridized carbons (Fsp3) is 0.600. The molecule has 0 radical (unpaired) electrons. The Morgan fingerprint density at radius 3 is 2.86 bits per heavy atom. The summed E-state index contributed by atoms with van der Waals surface area (Å²) < 4.78 is 18.4. The molecule has 1 amide bonds.